The normalized spacial score (nSPS) is 18.1. The molecule has 2 aromatic rings. The van der Waals surface area contributed by atoms with E-state index in [0.717, 1.165) is 5.56 Å². The van der Waals surface area contributed by atoms with Gasteiger partial charge in [-0.15, -0.1) is 0 Å². The molecular formula is C31H32N4O3. The molecule has 0 unspecified atom stereocenters. The van der Waals surface area contributed by atoms with Crippen molar-refractivity contribution in [2.45, 2.75) is 26.8 Å². The predicted molar refractivity (Wildman–Crippen MR) is 150 cm³/mol. The van der Waals surface area contributed by atoms with Crippen LogP contribution in [0.25, 0.3) is 0 Å². The third-order valence-corrected chi connectivity index (χ3v) is 6.94. The quantitative estimate of drug-likeness (QED) is 0.384. The maximum absolute atomic E-state index is 13.0. The molecule has 1 atom stereocenters. The molecule has 2 amide bonds. The maximum atomic E-state index is 13.0. The number of hydrogen-bond donors (Lipinski definition) is 3. The topological polar surface area (TPSA) is 120 Å². The number of nitrogens with zero attached hydrogens (tertiary/aromatic N) is 1. The van der Waals surface area contributed by atoms with Gasteiger partial charge in [-0.05, 0) is 67.0 Å². The summed E-state index contributed by atoms with van der Waals surface area (Å²) in [5, 5.41) is 15.6. The van der Waals surface area contributed by atoms with Crippen molar-refractivity contribution >= 4 is 23.2 Å². The lowest BCUT2D eigenvalue weighted by Gasteiger charge is -2.29. The summed E-state index contributed by atoms with van der Waals surface area (Å²) >= 11 is 0. The van der Waals surface area contributed by atoms with E-state index < -0.39 is 5.91 Å². The minimum Gasteiger partial charge on any atom is -0.457 e. The standard InChI is InChI=1S/C31H32N4O3/c1-21(32)7-14-27(33)22-10-12-26(13-11-22)38-28-17-23(30(34)37)8-9-24(28)19-35-20-25(18-29(35)36)31(2)15-5-3-4-6-16-31/h3-17,25,32-33H,18-20H2,1-2H3,(H2,34,37)/b14-7-,32-21?,33-27?/t25-/m1/s1. The average molecular weight is 509 g/mol. The number of carbonyl (C=O) groups excluding carboxylic acids is 2. The van der Waals surface area contributed by atoms with E-state index in [2.05, 4.69) is 19.1 Å². The summed E-state index contributed by atoms with van der Waals surface area (Å²) in [5.74, 6) is 0.630. The Bertz CT molecular complexity index is 1370. The van der Waals surface area contributed by atoms with Crippen LogP contribution in [0.15, 0.2) is 91.1 Å². The van der Waals surface area contributed by atoms with Crippen LogP contribution in [0, 0.1) is 22.2 Å². The Morgan fingerprint density at radius 2 is 1.71 bits per heavy atom. The van der Waals surface area contributed by atoms with Crippen molar-refractivity contribution in [2.24, 2.45) is 17.1 Å². The molecule has 4 rings (SSSR count). The van der Waals surface area contributed by atoms with Crippen LogP contribution in [-0.2, 0) is 11.3 Å². The molecule has 1 fully saturated rings. The van der Waals surface area contributed by atoms with Gasteiger partial charge in [0.25, 0.3) is 0 Å². The summed E-state index contributed by atoms with van der Waals surface area (Å²) in [7, 11) is 0. The van der Waals surface area contributed by atoms with Crippen LogP contribution in [0.2, 0.25) is 0 Å². The van der Waals surface area contributed by atoms with Crippen LogP contribution in [0.5, 0.6) is 11.5 Å². The fourth-order valence-corrected chi connectivity index (χ4v) is 4.60. The molecule has 1 heterocycles. The van der Waals surface area contributed by atoms with Crippen molar-refractivity contribution in [3.05, 3.63) is 108 Å². The van der Waals surface area contributed by atoms with Gasteiger partial charge < -0.3 is 26.2 Å². The first-order chi connectivity index (χ1) is 18.1. The van der Waals surface area contributed by atoms with Gasteiger partial charge >= 0.3 is 0 Å². The van der Waals surface area contributed by atoms with Crippen molar-refractivity contribution in [2.75, 3.05) is 6.54 Å². The molecule has 1 aliphatic carbocycles. The van der Waals surface area contributed by atoms with Crippen LogP contribution in [0.3, 0.4) is 0 Å². The van der Waals surface area contributed by atoms with Crippen molar-refractivity contribution < 1.29 is 14.3 Å². The van der Waals surface area contributed by atoms with Gasteiger partial charge in [-0.1, -0.05) is 49.4 Å². The van der Waals surface area contributed by atoms with E-state index in [1.165, 1.54) is 0 Å². The summed E-state index contributed by atoms with van der Waals surface area (Å²) < 4.78 is 6.16. The Labute approximate surface area is 223 Å². The molecule has 1 aliphatic heterocycles. The van der Waals surface area contributed by atoms with Gasteiger partial charge in [0.15, 0.2) is 0 Å². The third-order valence-electron chi connectivity index (χ3n) is 6.94. The number of primary amides is 1. The average Bonchev–Trinajstić information content (AvgIpc) is 3.11. The first kappa shape index (κ1) is 26.5. The molecule has 0 aromatic heterocycles. The van der Waals surface area contributed by atoms with Crippen molar-refractivity contribution in [1.82, 2.24) is 4.90 Å². The predicted octanol–water partition coefficient (Wildman–Crippen LogP) is 5.58. The fourth-order valence-electron chi connectivity index (χ4n) is 4.60. The Morgan fingerprint density at radius 1 is 1.05 bits per heavy atom. The highest BCUT2D eigenvalue weighted by Gasteiger charge is 2.39. The Morgan fingerprint density at radius 3 is 2.34 bits per heavy atom. The van der Waals surface area contributed by atoms with Crippen molar-refractivity contribution in [3.63, 3.8) is 0 Å². The number of rotatable bonds is 9. The molecule has 4 N–H and O–H groups in total. The molecule has 0 bridgehead atoms. The monoisotopic (exact) mass is 508 g/mol. The van der Waals surface area contributed by atoms with Crippen LogP contribution in [0.1, 0.15) is 41.8 Å². The second-order valence-corrected chi connectivity index (χ2v) is 9.89. The number of benzene rings is 2. The molecule has 1 saturated heterocycles. The van der Waals surface area contributed by atoms with E-state index in [4.69, 9.17) is 21.3 Å². The molecule has 0 spiro atoms. The summed E-state index contributed by atoms with van der Waals surface area (Å²) in [6, 6.07) is 12.0. The number of hydrogen-bond acceptors (Lipinski definition) is 5. The number of carbonyl (C=O) groups is 2. The van der Waals surface area contributed by atoms with Gasteiger partial charge in [-0.2, -0.15) is 0 Å². The minimum atomic E-state index is -0.566. The number of nitrogens with two attached hydrogens (primary N) is 1. The molecule has 7 nitrogen and oxygen atoms in total. The third kappa shape index (κ3) is 6.24. The van der Waals surface area contributed by atoms with E-state index in [1.54, 1.807) is 61.5 Å². The largest absolute Gasteiger partial charge is 0.457 e. The lowest BCUT2D eigenvalue weighted by Crippen LogP contribution is -2.28. The SMILES string of the molecule is CC(=N)/C=C\C(=N)c1ccc(Oc2cc(C(N)=O)ccc2CN2C[C@H](C3(C)C=CC=CC=C3)CC2=O)cc1. The zero-order chi connectivity index (χ0) is 27.3. The van der Waals surface area contributed by atoms with Crippen molar-refractivity contribution in [1.29, 1.82) is 10.8 Å². The molecule has 0 saturated carbocycles. The first-order valence-corrected chi connectivity index (χ1v) is 12.5. The fraction of sp³-hybridized carbons (Fsp3) is 0.226. The zero-order valence-electron chi connectivity index (χ0n) is 21.6. The van der Waals surface area contributed by atoms with E-state index in [1.807, 2.05) is 29.2 Å². The summed E-state index contributed by atoms with van der Waals surface area (Å²) in [4.78, 5) is 26.7. The summed E-state index contributed by atoms with van der Waals surface area (Å²) in [6.07, 6.45) is 15.9. The first-order valence-electron chi connectivity index (χ1n) is 12.5. The lowest BCUT2D eigenvalue weighted by atomic mass is 9.76. The van der Waals surface area contributed by atoms with Gasteiger partial charge in [0, 0.05) is 41.8 Å². The zero-order valence-corrected chi connectivity index (χ0v) is 21.6. The van der Waals surface area contributed by atoms with Crippen LogP contribution < -0.4 is 10.5 Å². The molecule has 2 aromatic carbocycles. The van der Waals surface area contributed by atoms with Gasteiger partial charge in [-0.3, -0.25) is 9.59 Å². The molecular weight excluding hydrogens is 476 g/mol. The highest BCUT2D eigenvalue weighted by molar-refractivity contribution is 6.09. The number of allylic oxidation sites excluding steroid dienone is 8. The highest BCUT2D eigenvalue weighted by Crippen LogP contribution is 2.40. The van der Waals surface area contributed by atoms with Gasteiger partial charge in [-0.25, -0.2) is 0 Å². The van der Waals surface area contributed by atoms with E-state index in [0.29, 0.717) is 47.8 Å². The maximum Gasteiger partial charge on any atom is 0.248 e. The van der Waals surface area contributed by atoms with Gasteiger partial charge in [0.2, 0.25) is 11.8 Å². The smallest absolute Gasteiger partial charge is 0.248 e. The second-order valence-electron chi connectivity index (χ2n) is 9.89. The molecule has 2 aliphatic rings. The molecule has 7 heteroatoms. The lowest BCUT2D eigenvalue weighted by molar-refractivity contribution is -0.128. The van der Waals surface area contributed by atoms with Crippen molar-refractivity contribution in [3.8, 4) is 11.5 Å². The Kier molecular flexibility index (Phi) is 7.86. The minimum absolute atomic E-state index is 0.0799. The molecule has 0 radical (unpaired) electrons. The number of likely N-dealkylation sites (tertiary alicyclic amines) is 1. The number of nitrogens with one attached hydrogen (secondary N) is 2. The number of amides is 2. The highest BCUT2D eigenvalue weighted by atomic mass is 16.5. The van der Waals surface area contributed by atoms with E-state index in [9.17, 15) is 9.59 Å². The number of ether oxygens (including phenoxy) is 1. The van der Waals surface area contributed by atoms with Gasteiger partial charge in [0.05, 0.1) is 5.71 Å². The summed E-state index contributed by atoms with van der Waals surface area (Å²) in [6.45, 7) is 4.76. The Balaban J connectivity index is 1.54. The Hall–Kier alpha value is -4.52. The second kappa shape index (κ2) is 11.3. The van der Waals surface area contributed by atoms with Gasteiger partial charge in [0.1, 0.15) is 11.5 Å². The van der Waals surface area contributed by atoms with Crippen LogP contribution >= 0.6 is 0 Å². The van der Waals surface area contributed by atoms with E-state index in [-0.39, 0.29) is 23.0 Å². The van der Waals surface area contributed by atoms with Crippen LogP contribution in [-0.4, -0.2) is 34.7 Å². The van der Waals surface area contributed by atoms with Crippen LogP contribution in [0.4, 0.5) is 0 Å². The molecule has 194 valence electrons. The van der Waals surface area contributed by atoms with E-state index >= 15 is 0 Å². The summed E-state index contributed by atoms with van der Waals surface area (Å²) in [5.41, 5.74) is 7.72. The molecule has 38 heavy (non-hydrogen) atoms.